The van der Waals surface area contributed by atoms with E-state index in [-0.39, 0.29) is 29.5 Å². The van der Waals surface area contributed by atoms with E-state index in [0.29, 0.717) is 0 Å². The molecule has 174 valence electrons. The first-order valence-electron chi connectivity index (χ1n) is 10.0. The third-order valence-electron chi connectivity index (χ3n) is 5.54. The molecule has 0 bridgehead atoms. The van der Waals surface area contributed by atoms with E-state index in [0.717, 1.165) is 10.5 Å². The Labute approximate surface area is 190 Å². The summed E-state index contributed by atoms with van der Waals surface area (Å²) in [4.78, 5) is 16.4. The molecule has 0 saturated heterocycles. The Morgan fingerprint density at radius 3 is 2.58 bits per heavy atom. The zero-order valence-corrected chi connectivity index (χ0v) is 18.4. The van der Waals surface area contributed by atoms with Crippen molar-refractivity contribution in [2.45, 2.75) is 37.5 Å². The highest BCUT2D eigenvalue weighted by atomic mass is 16.7. The predicted octanol–water partition coefficient (Wildman–Crippen LogP) is 2.06. The van der Waals surface area contributed by atoms with Gasteiger partial charge in [0.1, 0.15) is 12.1 Å². The molecule has 0 aromatic heterocycles. The number of aliphatic imine (C=N–C) groups is 1. The van der Waals surface area contributed by atoms with Gasteiger partial charge in [-0.3, -0.25) is 10.1 Å². The van der Waals surface area contributed by atoms with Gasteiger partial charge in [0.2, 0.25) is 11.7 Å². The molecule has 0 spiro atoms. The van der Waals surface area contributed by atoms with Gasteiger partial charge in [-0.05, 0) is 12.5 Å². The molecule has 1 aliphatic heterocycles. The number of fused-ring (bicyclic) bond motifs is 1. The lowest BCUT2D eigenvalue weighted by Crippen LogP contribution is -2.62. The lowest BCUT2D eigenvalue weighted by Gasteiger charge is -2.47. The molecule has 3 N–H and O–H groups in total. The van der Waals surface area contributed by atoms with Crippen LogP contribution >= 0.6 is 0 Å². The minimum atomic E-state index is -1.62. The molecule has 0 aliphatic carbocycles. The second-order valence-electron chi connectivity index (χ2n) is 7.56. The number of para-hydroxylation sites is 1. The Bertz CT molecular complexity index is 1070. The maximum atomic E-state index is 11.7. The topological polar surface area (TPSA) is 156 Å². The zero-order chi connectivity index (χ0) is 24.2. The number of aliphatic hydroxyl groups is 1. The number of nitrogens with zero attached hydrogens (tertiary/aromatic N) is 4. The summed E-state index contributed by atoms with van der Waals surface area (Å²) in [5, 5.41) is 33.0. The van der Waals surface area contributed by atoms with Gasteiger partial charge in [-0.15, -0.1) is 0 Å². The number of ether oxygens (including phenoxy) is 3. The number of guanidine groups is 1. The van der Waals surface area contributed by atoms with Gasteiger partial charge in [0.15, 0.2) is 18.1 Å². The second-order valence-corrected chi connectivity index (χ2v) is 7.56. The highest BCUT2D eigenvalue weighted by molar-refractivity contribution is 5.80. The van der Waals surface area contributed by atoms with Crippen molar-refractivity contribution in [1.82, 2.24) is 4.90 Å². The van der Waals surface area contributed by atoms with Crippen LogP contribution in [0, 0.1) is 21.6 Å². The van der Waals surface area contributed by atoms with Crippen molar-refractivity contribution in [1.29, 1.82) is 5.26 Å². The van der Waals surface area contributed by atoms with Crippen molar-refractivity contribution in [3.8, 4) is 11.9 Å². The van der Waals surface area contributed by atoms with E-state index < -0.39 is 29.0 Å². The number of benzene rings is 2. The Hall–Kier alpha value is -3.72. The number of nitro groups is 1. The Kier molecular flexibility index (Phi) is 7.13. The summed E-state index contributed by atoms with van der Waals surface area (Å²) in [5.74, 6) is -0.283. The van der Waals surface area contributed by atoms with Crippen molar-refractivity contribution in [3.63, 3.8) is 0 Å². The maximum Gasteiger partial charge on any atom is 0.311 e. The normalized spacial score (nSPS) is 22.2. The molecule has 0 saturated carbocycles. The number of methoxy groups -OCH3 is 2. The molecule has 1 aliphatic rings. The van der Waals surface area contributed by atoms with Gasteiger partial charge in [0.25, 0.3) is 0 Å². The highest BCUT2D eigenvalue weighted by Crippen LogP contribution is 2.48. The predicted molar refractivity (Wildman–Crippen MR) is 118 cm³/mol. The third kappa shape index (κ3) is 4.45. The minimum absolute atomic E-state index is 0.115. The van der Waals surface area contributed by atoms with Gasteiger partial charge < -0.3 is 25.1 Å². The monoisotopic (exact) mass is 455 g/mol. The summed E-state index contributed by atoms with van der Waals surface area (Å²) in [5.41, 5.74) is 5.28. The van der Waals surface area contributed by atoms with Gasteiger partial charge in [-0.25, -0.2) is 9.89 Å². The number of nitriles is 1. The van der Waals surface area contributed by atoms with Gasteiger partial charge in [0, 0.05) is 25.8 Å². The molecular formula is C22H25N5O6. The Morgan fingerprint density at radius 2 is 2.00 bits per heavy atom. The lowest BCUT2D eigenvalue weighted by molar-refractivity contribution is -0.387. The highest BCUT2D eigenvalue weighted by Gasteiger charge is 2.55. The molecular weight excluding hydrogens is 430 g/mol. The van der Waals surface area contributed by atoms with Crippen LogP contribution in [-0.4, -0.2) is 53.1 Å². The van der Waals surface area contributed by atoms with Crippen LogP contribution in [0.4, 0.5) is 5.69 Å². The fourth-order valence-electron chi connectivity index (χ4n) is 3.91. The molecule has 0 fully saturated rings. The van der Waals surface area contributed by atoms with E-state index in [1.54, 1.807) is 0 Å². The van der Waals surface area contributed by atoms with E-state index >= 15 is 0 Å². The molecule has 1 heterocycles. The van der Waals surface area contributed by atoms with E-state index in [4.69, 9.17) is 19.9 Å². The molecule has 0 amide bonds. The molecule has 2 aromatic rings. The molecule has 33 heavy (non-hydrogen) atoms. The average molecular weight is 455 g/mol. The first-order chi connectivity index (χ1) is 15.8. The van der Waals surface area contributed by atoms with Gasteiger partial charge in [-0.1, -0.05) is 42.5 Å². The van der Waals surface area contributed by atoms with E-state index in [9.17, 15) is 20.5 Å². The van der Waals surface area contributed by atoms with Crippen molar-refractivity contribution < 1.29 is 24.2 Å². The quantitative estimate of drug-likeness (QED) is 0.121. The molecule has 3 rings (SSSR count). The first-order valence-corrected chi connectivity index (χ1v) is 10.0. The lowest BCUT2D eigenvalue weighted by atomic mass is 9.83. The average Bonchev–Trinajstić information content (AvgIpc) is 2.81. The van der Waals surface area contributed by atoms with Crippen LogP contribution in [-0.2, 0) is 16.0 Å². The SMILES string of the molecule is COC(OC)C1(C)Oc2c(cccc2[N+](=O)[O-])C(N(C#N)C(N)=NCc2ccccc2)C1O. The molecule has 3 unspecified atom stereocenters. The van der Waals surface area contributed by atoms with Gasteiger partial charge in [0.05, 0.1) is 11.5 Å². The largest absolute Gasteiger partial charge is 0.472 e. The molecule has 2 aromatic carbocycles. The van der Waals surface area contributed by atoms with Crippen LogP contribution in [0.2, 0.25) is 0 Å². The molecule has 3 atom stereocenters. The summed E-state index contributed by atoms with van der Waals surface area (Å²) < 4.78 is 16.6. The smallest absolute Gasteiger partial charge is 0.311 e. The summed E-state index contributed by atoms with van der Waals surface area (Å²) in [6, 6.07) is 12.4. The Balaban J connectivity index is 2.12. The van der Waals surface area contributed by atoms with E-state index in [1.807, 2.05) is 36.5 Å². The fraction of sp³-hybridized carbons (Fsp3) is 0.364. The first kappa shape index (κ1) is 23.9. The summed E-state index contributed by atoms with van der Waals surface area (Å²) in [7, 11) is 2.69. The van der Waals surface area contributed by atoms with Crippen LogP contribution in [0.1, 0.15) is 24.1 Å². The minimum Gasteiger partial charge on any atom is -0.472 e. The number of aliphatic hydroxyl groups excluding tert-OH is 1. The van der Waals surface area contributed by atoms with Crippen LogP contribution < -0.4 is 10.5 Å². The van der Waals surface area contributed by atoms with Crippen molar-refractivity contribution in [3.05, 3.63) is 69.8 Å². The van der Waals surface area contributed by atoms with Crippen LogP contribution in [0.25, 0.3) is 0 Å². The van der Waals surface area contributed by atoms with Gasteiger partial charge >= 0.3 is 5.69 Å². The molecule has 11 nitrogen and oxygen atoms in total. The number of nitrogens with two attached hydrogens (primary N) is 1. The number of nitro benzene ring substituents is 1. The van der Waals surface area contributed by atoms with Crippen molar-refractivity contribution in [2.75, 3.05) is 14.2 Å². The number of rotatable bonds is 7. The summed E-state index contributed by atoms with van der Waals surface area (Å²) in [6.45, 7) is 1.68. The number of hydrogen-bond acceptors (Lipinski definition) is 8. The fourth-order valence-corrected chi connectivity index (χ4v) is 3.91. The van der Waals surface area contributed by atoms with E-state index in [1.165, 1.54) is 39.3 Å². The summed E-state index contributed by atoms with van der Waals surface area (Å²) in [6.07, 6.45) is -0.611. The van der Waals surface area contributed by atoms with Gasteiger partial charge in [-0.2, -0.15) is 5.26 Å². The van der Waals surface area contributed by atoms with Crippen molar-refractivity contribution >= 4 is 11.6 Å². The summed E-state index contributed by atoms with van der Waals surface area (Å²) >= 11 is 0. The van der Waals surface area contributed by atoms with Crippen LogP contribution in [0.15, 0.2) is 53.5 Å². The second kappa shape index (κ2) is 9.83. The molecule has 0 radical (unpaired) electrons. The van der Waals surface area contributed by atoms with Crippen molar-refractivity contribution in [2.24, 2.45) is 10.7 Å². The third-order valence-corrected chi connectivity index (χ3v) is 5.54. The zero-order valence-electron chi connectivity index (χ0n) is 18.4. The standard InChI is InChI=1S/C22H25N5O6/c1-22(20(31-2)32-3)19(28)17(15-10-7-11-16(27(29)30)18(15)33-22)26(13-23)21(24)25-12-14-8-5-4-6-9-14/h4-11,17,19-20,28H,12H2,1-3H3,(H2,24,25). The van der Waals surface area contributed by atoms with E-state index in [2.05, 4.69) is 4.99 Å². The Morgan fingerprint density at radius 1 is 1.33 bits per heavy atom. The molecule has 11 heteroatoms. The van der Waals surface area contributed by atoms with Crippen LogP contribution in [0.3, 0.4) is 0 Å². The van der Waals surface area contributed by atoms with Crippen LogP contribution in [0.5, 0.6) is 5.75 Å². The maximum absolute atomic E-state index is 11.7. The number of hydrogen-bond donors (Lipinski definition) is 2.